The molecule has 5 heteroatoms. The summed E-state index contributed by atoms with van der Waals surface area (Å²) in [5, 5.41) is 0.744. The van der Waals surface area contributed by atoms with Gasteiger partial charge in [-0.25, -0.2) is 4.99 Å². The summed E-state index contributed by atoms with van der Waals surface area (Å²) < 4.78 is 0. The standard InChI is InChI=1S/C17H25ClN4/c1-3-21(4-2)9-10-22-13-14(11-19)12-20-17(22)15-5-7-16(18)8-6-15/h5-8,12H,3-4,9-11,13,19H2,1-2H3. The quantitative estimate of drug-likeness (QED) is 0.840. The van der Waals surface area contributed by atoms with Gasteiger partial charge < -0.3 is 15.5 Å². The minimum atomic E-state index is 0.555. The molecule has 4 nitrogen and oxygen atoms in total. The van der Waals surface area contributed by atoms with E-state index in [1.807, 2.05) is 30.5 Å². The van der Waals surface area contributed by atoms with Gasteiger partial charge in [0, 0.05) is 43.0 Å². The molecule has 0 amide bonds. The highest BCUT2D eigenvalue weighted by molar-refractivity contribution is 6.30. The molecule has 1 aromatic carbocycles. The molecule has 22 heavy (non-hydrogen) atoms. The minimum absolute atomic E-state index is 0.555. The molecule has 1 aromatic rings. The number of benzene rings is 1. The molecule has 0 saturated heterocycles. The van der Waals surface area contributed by atoms with Crippen LogP contribution in [0.5, 0.6) is 0 Å². The monoisotopic (exact) mass is 320 g/mol. The van der Waals surface area contributed by atoms with Gasteiger partial charge in [-0.05, 0) is 42.9 Å². The van der Waals surface area contributed by atoms with Gasteiger partial charge in [0.25, 0.3) is 0 Å². The molecule has 120 valence electrons. The Morgan fingerprint density at radius 1 is 1.23 bits per heavy atom. The lowest BCUT2D eigenvalue weighted by atomic mass is 10.1. The van der Waals surface area contributed by atoms with Crippen molar-refractivity contribution in [3.63, 3.8) is 0 Å². The largest absolute Gasteiger partial charge is 0.351 e. The van der Waals surface area contributed by atoms with Crippen molar-refractivity contribution in [2.75, 3.05) is 39.3 Å². The number of halogens is 1. The molecule has 1 heterocycles. The summed E-state index contributed by atoms with van der Waals surface area (Å²) in [4.78, 5) is 9.36. The van der Waals surface area contributed by atoms with Crippen molar-refractivity contribution in [3.8, 4) is 0 Å². The fraction of sp³-hybridized carbons (Fsp3) is 0.471. The highest BCUT2D eigenvalue weighted by Gasteiger charge is 2.18. The SMILES string of the molecule is CCN(CC)CCN1CC(CN)=CN=C1c1ccc(Cl)cc1. The summed E-state index contributed by atoms with van der Waals surface area (Å²) in [6, 6.07) is 7.86. The van der Waals surface area contributed by atoms with E-state index in [4.69, 9.17) is 17.3 Å². The Balaban J connectivity index is 2.16. The number of amidine groups is 1. The Labute approximate surface area is 138 Å². The van der Waals surface area contributed by atoms with E-state index in [1.165, 1.54) is 0 Å². The fourth-order valence-corrected chi connectivity index (χ4v) is 2.68. The molecule has 0 fully saturated rings. The summed E-state index contributed by atoms with van der Waals surface area (Å²) in [5.74, 6) is 1.00. The highest BCUT2D eigenvalue weighted by Crippen LogP contribution is 2.16. The minimum Gasteiger partial charge on any atom is -0.351 e. The van der Waals surface area contributed by atoms with Crippen LogP contribution in [0.15, 0.2) is 41.0 Å². The molecule has 0 bridgehead atoms. The average molecular weight is 321 g/mol. The maximum atomic E-state index is 5.98. The van der Waals surface area contributed by atoms with Gasteiger partial charge in [-0.2, -0.15) is 0 Å². The molecule has 1 aliphatic rings. The van der Waals surface area contributed by atoms with Crippen molar-refractivity contribution in [1.29, 1.82) is 0 Å². The van der Waals surface area contributed by atoms with Gasteiger partial charge in [-0.15, -0.1) is 0 Å². The van der Waals surface area contributed by atoms with Crippen LogP contribution in [0.2, 0.25) is 5.02 Å². The second-order valence-electron chi connectivity index (χ2n) is 5.40. The van der Waals surface area contributed by atoms with Gasteiger partial charge in [-0.1, -0.05) is 25.4 Å². The smallest absolute Gasteiger partial charge is 0.136 e. The summed E-state index contributed by atoms with van der Waals surface area (Å²) in [7, 11) is 0. The first-order valence-corrected chi connectivity index (χ1v) is 8.24. The first-order chi connectivity index (χ1) is 10.7. The van der Waals surface area contributed by atoms with Crippen LogP contribution >= 0.6 is 11.6 Å². The van der Waals surface area contributed by atoms with Crippen LogP contribution in [0.1, 0.15) is 19.4 Å². The Morgan fingerprint density at radius 3 is 2.50 bits per heavy atom. The predicted octanol–water partition coefficient (Wildman–Crippen LogP) is 2.59. The van der Waals surface area contributed by atoms with Gasteiger partial charge in [0.1, 0.15) is 5.84 Å². The van der Waals surface area contributed by atoms with E-state index in [-0.39, 0.29) is 0 Å². The Hall–Kier alpha value is -1.36. The number of aliphatic imine (C=N–C) groups is 1. The second-order valence-corrected chi connectivity index (χ2v) is 5.84. The zero-order valence-electron chi connectivity index (χ0n) is 13.4. The predicted molar refractivity (Wildman–Crippen MR) is 94.5 cm³/mol. The van der Waals surface area contributed by atoms with E-state index in [2.05, 4.69) is 28.6 Å². The molecule has 0 aliphatic carbocycles. The summed E-state index contributed by atoms with van der Waals surface area (Å²) in [6.45, 7) is 9.89. The molecular formula is C17H25ClN4. The molecule has 2 rings (SSSR count). The number of hydrogen-bond acceptors (Lipinski definition) is 4. The van der Waals surface area contributed by atoms with Crippen molar-refractivity contribution >= 4 is 17.4 Å². The van der Waals surface area contributed by atoms with Crippen molar-refractivity contribution in [2.24, 2.45) is 10.7 Å². The van der Waals surface area contributed by atoms with E-state index in [9.17, 15) is 0 Å². The molecule has 0 unspecified atom stereocenters. The molecule has 0 saturated carbocycles. The van der Waals surface area contributed by atoms with Crippen LogP contribution < -0.4 is 5.73 Å². The van der Waals surface area contributed by atoms with Crippen LogP contribution in [0.25, 0.3) is 0 Å². The normalized spacial score (nSPS) is 15.0. The van der Waals surface area contributed by atoms with Gasteiger partial charge in [-0.3, -0.25) is 0 Å². The van der Waals surface area contributed by atoms with Crippen LogP contribution in [0.3, 0.4) is 0 Å². The van der Waals surface area contributed by atoms with E-state index >= 15 is 0 Å². The van der Waals surface area contributed by atoms with Gasteiger partial charge in [0.15, 0.2) is 0 Å². The maximum Gasteiger partial charge on any atom is 0.136 e. The third-order valence-corrected chi connectivity index (χ3v) is 4.26. The third kappa shape index (κ3) is 4.32. The number of nitrogens with zero attached hydrogens (tertiary/aromatic N) is 3. The molecule has 2 N–H and O–H groups in total. The Kier molecular flexibility index (Phi) is 6.43. The molecular weight excluding hydrogens is 296 g/mol. The van der Waals surface area contributed by atoms with Crippen LogP contribution in [0.4, 0.5) is 0 Å². The van der Waals surface area contributed by atoms with Crippen molar-refractivity contribution in [2.45, 2.75) is 13.8 Å². The number of hydrogen-bond donors (Lipinski definition) is 1. The van der Waals surface area contributed by atoms with Gasteiger partial charge in [0.05, 0.1) is 0 Å². The summed E-state index contributed by atoms with van der Waals surface area (Å²) >= 11 is 5.98. The first-order valence-electron chi connectivity index (χ1n) is 7.87. The second kappa shape index (κ2) is 8.32. The molecule has 1 aliphatic heterocycles. The fourth-order valence-electron chi connectivity index (χ4n) is 2.56. The summed E-state index contributed by atoms with van der Waals surface area (Å²) in [6.07, 6.45) is 1.90. The lowest BCUT2D eigenvalue weighted by molar-refractivity contribution is 0.271. The molecule has 0 aromatic heterocycles. The van der Waals surface area contributed by atoms with Crippen molar-refractivity contribution in [3.05, 3.63) is 46.6 Å². The number of nitrogens with two attached hydrogens (primary N) is 1. The first kappa shape index (κ1) is 17.0. The van der Waals surface area contributed by atoms with Gasteiger partial charge in [0.2, 0.25) is 0 Å². The van der Waals surface area contributed by atoms with E-state index in [1.54, 1.807) is 0 Å². The lowest BCUT2D eigenvalue weighted by Crippen LogP contribution is -2.42. The zero-order chi connectivity index (χ0) is 15.9. The Bertz CT molecular complexity index is 532. The van der Waals surface area contributed by atoms with Crippen molar-refractivity contribution in [1.82, 2.24) is 9.80 Å². The maximum absolute atomic E-state index is 5.98. The van der Waals surface area contributed by atoms with Crippen LogP contribution in [-0.2, 0) is 0 Å². The molecule has 0 spiro atoms. The zero-order valence-corrected chi connectivity index (χ0v) is 14.2. The van der Waals surface area contributed by atoms with E-state index in [0.29, 0.717) is 6.54 Å². The van der Waals surface area contributed by atoms with Crippen LogP contribution in [0, 0.1) is 0 Å². The lowest BCUT2D eigenvalue weighted by Gasteiger charge is -2.31. The Morgan fingerprint density at radius 2 is 1.91 bits per heavy atom. The van der Waals surface area contributed by atoms with Crippen molar-refractivity contribution < 1.29 is 0 Å². The number of rotatable bonds is 7. The van der Waals surface area contributed by atoms with E-state index in [0.717, 1.165) is 54.7 Å². The number of likely N-dealkylation sites (N-methyl/N-ethyl adjacent to an activating group) is 1. The average Bonchev–Trinajstić information content (AvgIpc) is 2.56. The van der Waals surface area contributed by atoms with E-state index < -0.39 is 0 Å². The topological polar surface area (TPSA) is 44.9 Å². The van der Waals surface area contributed by atoms with Gasteiger partial charge >= 0.3 is 0 Å². The van der Waals surface area contributed by atoms with Crippen LogP contribution in [-0.4, -0.2) is 54.9 Å². The third-order valence-electron chi connectivity index (χ3n) is 4.01. The molecule has 0 radical (unpaired) electrons. The molecule has 0 atom stereocenters. The highest BCUT2D eigenvalue weighted by atomic mass is 35.5. The summed E-state index contributed by atoms with van der Waals surface area (Å²) in [5.41, 5.74) is 8.04.